The van der Waals surface area contributed by atoms with Crippen LogP contribution in [0, 0.1) is 6.92 Å². The molecule has 1 heterocycles. The Morgan fingerprint density at radius 2 is 1.43 bits per heavy atom. The Balaban J connectivity index is 1.24. The maximum atomic E-state index is 13.9. The molecular weight excluding hydrogens is 705 g/mol. The van der Waals surface area contributed by atoms with Crippen LogP contribution in [0.4, 0.5) is 10.8 Å². The van der Waals surface area contributed by atoms with Crippen molar-refractivity contribution in [1.29, 1.82) is 0 Å². The fourth-order valence-corrected chi connectivity index (χ4v) is 7.34. The van der Waals surface area contributed by atoms with Gasteiger partial charge in [0.25, 0.3) is 11.8 Å². The van der Waals surface area contributed by atoms with Gasteiger partial charge in [0, 0.05) is 26.6 Å². The smallest absolute Gasteiger partial charge is 0.272 e. The number of nitrogens with one attached hydrogen (secondary N) is 3. The number of aryl methyl sites for hydroxylation is 1. The number of aromatic nitrogens is 1. The van der Waals surface area contributed by atoms with Gasteiger partial charge in [-0.3, -0.25) is 14.4 Å². The zero-order valence-electron chi connectivity index (χ0n) is 29.2. The molecule has 0 saturated carbocycles. The second-order valence-electron chi connectivity index (χ2n) is 11.7. The molecular formula is C42H36N4O5S2. The van der Waals surface area contributed by atoms with Crippen molar-refractivity contribution in [2.75, 3.05) is 24.9 Å². The van der Waals surface area contributed by atoms with E-state index in [0.717, 1.165) is 26.6 Å². The number of amides is 3. The van der Waals surface area contributed by atoms with Crippen molar-refractivity contribution in [3.05, 3.63) is 161 Å². The summed E-state index contributed by atoms with van der Waals surface area (Å²) in [5.74, 6) is -0.220. The number of hydrogen-bond donors (Lipinski definition) is 3. The normalized spacial score (nSPS) is 11.6. The predicted octanol–water partition coefficient (Wildman–Crippen LogP) is 9.02. The third-order valence-corrected chi connectivity index (χ3v) is 10.1. The van der Waals surface area contributed by atoms with Gasteiger partial charge in [-0.05, 0) is 66.6 Å². The summed E-state index contributed by atoms with van der Waals surface area (Å²) in [4.78, 5) is 47.4. The lowest BCUT2D eigenvalue weighted by molar-refractivity contribution is -0.116. The summed E-state index contributed by atoms with van der Waals surface area (Å²) in [6.07, 6.45) is 1.57. The molecule has 6 aromatic rings. The number of ether oxygens (including phenoxy) is 2. The van der Waals surface area contributed by atoms with Crippen LogP contribution < -0.4 is 25.4 Å². The predicted molar refractivity (Wildman–Crippen MR) is 212 cm³/mol. The van der Waals surface area contributed by atoms with Gasteiger partial charge >= 0.3 is 0 Å². The molecule has 266 valence electrons. The van der Waals surface area contributed by atoms with E-state index in [-0.39, 0.29) is 11.6 Å². The molecule has 3 N–H and O–H groups in total. The molecule has 0 aliphatic heterocycles. The van der Waals surface area contributed by atoms with E-state index in [4.69, 9.17) is 14.5 Å². The number of rotatable bonds is 13. The Labute approximate surface area is 316 Å². The maximum absolute atomic E-state index is 13.9. The molecule has 1 aromatic heterocycles. The summed E-state index contributed by atoms with van der Waals surface area (Å²) in [6, 6.07) is 40.4. The van der Waals surface area contributed by atoms with Crippen LogP contribution >= 0.6 is 23.1 Å². The van der Waals surface area contributed by atoms with Gasteiger partial charge in [-0.15, -0.1) is 23.1 Å². The summed E-state index contributed by atoms with van der Waals surface area (Å²) < 4.78 is 10.8. The number of thiazole rings is 1. The summed E-state index contributed by atoms with van der Waals surface area (Å²) in [5, 5.41) is 8.61. The topological polar surface area (TPSA) is 119 Å². The first-order valence-electron chi connectivity index (χ1n) is 16.6. The number of thioether (sulfide) groups is 1. The molecule has 0 aliphatic carbocycles. The van der Waals surface area contributed by atoms with Crippen molar-refractivity contribution >= 4 is 57.7 Å². The molecule has 11 heteroatoms. The third kappa shape index (κ3) is 9.39. The largest absolute Gasteiger partial charge is 0.493 e. The van der Waals surface area contributed by atoms with Crippen molar-refractivity contribution in [2.45, 2.75) is 17.1 Å². The van der Waals surface area contributed by atoms with Crippen molar-refractivity contribution in [2.24, 2.45) is 0 Å². The Kier molecular flexibility index (Phi) is 12.0. The molecule has 0 radical (unpaired) electrons. The molecule has 5 aromatic carbocycles. The average molecular weight is 741 g/mol. The van der Waals surface area contributed by atoms with Crippen LogP contribution in [0.3, 0.4) is 0 Å². The minimum Gasteiger partial charge on any atom is -0.493 e. The summed E-state index contributed by atoms with van der Waals surface area (Å²) in [6.45, 7) is 1.99. The van der Waals surface area contributed by atoms with Crippen LogP contribution in [0.2, 0.25) is 0 Å². The van der Waals surface area contributed by atoms with Gasteiger partial charge in [-0.2, -0.15) is 0 Å². The molecule has 0 spiro atoms. The fourth-order valence-electron chi connectivity index (χ4n) is 5.42. The van der Waals surface area contributed by atoms with Crippen LogP contribution in [0.15, 0.2) is 144 Å². The minimum atomic E-state index is -0.628. The standard InChI is InChI=1S/C42H36N4O5S2/c1-27-37(29-14-7-4-8-15-29)45-42(52-27)46-41(49)38(30-16-9-5-10-17-30)53-33-21-13-20-32(26-33)43-40(48)34(44-39(47)31-18-11-6-12-19-31)24-28-22-23-35(50-2)36(25-28)51-3/h4-26,38H,1-3H3,(H,43,48)(H,44,47)(H,45,46,49)/b34-24+. The van der Waals surface area contributed by atoms with Crippen molar-refractivity contribution in [3.8, 4) is 22.8 Å². The maximum Gasteiger partial charge on any atom is 0.272 e. The Bertz CT molecular complexity index is 2240. The first-order chi connectivity index (χ1) is 25.8. The molecule has 9 nitrogen and oxygen atoms in total. The molecule has 6 rings (SSSR count). The second-order valence-corrected chi connectivity index (χ2v) is 14.0. The Morgan fingerprint density at radius 3 is 2.13 bits per heavy atom. The Morgan fingerprint density at radius 1 is 0.755 bits per heavy atom. The van der Waals surface area contributed by atoms with E-state index in [1.165, 1.54) is 37.3 Å². The van der Waals surface area contributed by atoms with Crippen LogP contribution in [0.1, 0.15) is 31.6 Å². The van der Waals surface area contributed by atoms with Gasteiger partial charge in [-0.1, -0.05) is 91.0 Å². The summed E-state index contributed by atoms with van der Waals surface area (Å²) in [5.41, 5.74) is 4.11. The van der Waals surface area contributed by atoms with Crippen LogP contribution in [0.25, 0.3) is 17.3 Å². The highest BCUT2D eigenvalue weighted by molar-refractivity contribution is 8.00. The first-order valence-corrected chi connectivity index (χ1v) is 18.3. The third-order valence-electron chi connectivity index (χ3n) is 8.01. The van der Waals surface area contributed by atoms with Gasteiger partial charge in [0.15, 0.2) is 16.6 Å². The van der Waals surface area contributed by atoms with Gasteiger partial charge in [0.1, 0.15) is 10.9 Å². The quantitative estimate of drug-likeness (QED) is 0.0799. The van der Waals surface area contributed by atoms with Gasteiger partial charge in [0.2, 0.25) is 5.91 Å². The van der Waals surface area contributed by atoms with Crippen LogP contribution in [0.5, 0.6) is 11.5 Å². The number of carbonyl (C=O) groups excluding carboxylic acids is 3. The SMILES string of the molecule is COc1ccc(/C=C(/NC(=O)c2ccccc2)C(=O)Nc2cccc(SC(C(=O)Nc3nc(-c4ccccc4)c(C)s3)c3ccccc3)c2)cc1OC. The number of benzene rings is 5. The molecule has 0 bridgehead atoms. The first kappa shape index (κ1) is 36.6. The number of anilines is 2. The number of hydrogen-bond acceptors (Lipinski definition) is 8. The fraction of sp³-hybridized carbons (Fsp3) is 0.0952. The number of carbonyl (C=O) groups is 3. The van der Waals surface area contributed by atoms with E-state index in [1.807, 2.05) is 79.7 Å². The minimum absolute atomic E-state index is 0.0132. The van der Waals surface area contributed by atoms with Gasteiger partial charge in [0.05, 0.1) is 19.9 Å². The van der Waals surface area contributed by atoms with E-state index >= 15 is 0 Å². The lowest BCUT2D eigenvalue weighted by Gasteiger charge is -2.17. The van der Waals surface area contributed by atoms with Crippen molar-refractivity contribution < 1.29 is 23.9 Å². The van der Waals surface area contributed by atoms with E-state index in [9.17, 15) is 14.4 Å². The van der Waals surface area contributed by atoms with E-state index in [1.54, 1.807) is 66.7 Å². The zero-order chi connectivity index (χ0) is 37.2. The highest BCUT2D eigenvalue weighted by Crippen LogP contribution is 2.38. The van der Waals surface area contributed by atoms with E-state index in [0.29, 0.717) is 33.4 Å². The molecule has 1 atom stereocenters. The number of methoxy groups -OCH3 is 2. The summed E-state index contributed by atoms with van der Waals surface area (Å²) >= 11 is 2.77. The molecule has 53 heavy (non-hydrogen) atoms. The molecule has 0 fully saturated rings. The monoisotopic (exact) mass is 740 g/mol. The van der Waals surface area contributed by atoms with Crippen LogP contribution in [-0.2, 0) is 9.59 Å². The van der Waals surface area contributed by atoms with Crippen molar-refractivity contribution in [3.63, 3.8) is 0 Å². The Hall–Kier alpha value is -6.17. The van der Waals surface area contributed by atoms with Crippen molar-refractivity contribution in [1.82, 2.24) is 10.3 Å². The number of nitrogens with zero attached hydrogens (tertiary/aromatic N) is 1. The highest BCUT2D eigenvalue weighted by Gasteiger charge is 2.24. The van der Waals surface area contributed by atoms with Gasteiger partial charge < -0.3 is 25.4 Å². The van der Waals surface area contributed by atoms with E-state index in [2.05, 4.69) is 16.0 Å². The summed E-state index contributed by atoms with van der Waals surface area (Å²) in [7, 11) is 3.06. The lowest BCUT2D eigenvalue weighted by Crippen LogP contribution is -2.30. The van der Waals surface area contributed by atoms with Gasteiger partial charge in [-0.25, -0.2) is 4.98 Å². The van der Waals surface area contributed by atoms with Crippen LogP contribution in [-0.4, -0.2) is 36.9 Å². The molecule has 0 aliphatic rings. The molecule has 1 unspecified atom stereocenters. The molecule has 3 amide bonds. The lowest BCUT2D eigenvalue weighted by atomic mass is 10.1. The molecule has 0 saturated heterocycles. The average Bonchev–Trinajstić information content (AvgIpc) is 3.56. The van der Waals surface area contributed by atoms with E-state index < -0.39 is 17.1 Å². The highest BCUT2D eigenvalue weighted by atomic mass is 32.2. The second kappa shape index (κ2) is 17.4. The zero-order valence-corrected chi connectivity index (χ0v) is 30.8.